The minimum Gasteiger partial charge on any atom is -0.507 e. The maximum Gasteiger partial charge on any atom is 0.300 e. The van der Waals surface area contributed by atoms with Gasteiger partial charge in [0, 0.05) is 18.1 Å². The van der Waals surface area contributed by atoms with E-state index in [4.69, 9.17) is 16.3 Å². The van der Waals surface area contributed by atoms with Crippen molar-refractivity contribution >= 4 is 34.7 Å². The summed E-state index contributed by atoms with van der Waals surface area (Å²) in [6.07, 6.45) is 3.18. The lowest BCUT2D eigenvalue weighted by Gasteiger charge is -2.26. The SMILES string of the molecule is COc1c(Cl)cc(C)cc1/C(O)=C1\C(=O)C(=O)N(c2ccccc2C)C1c1cccnc1. The Bertz CT molecular complexity index is 1250. The van der Waals surface area contributed by atoms with E-state index in [0.717, 1.165) is 11.1 Å². The van der Waals surface area contributed by atoms with Gasteiger partial charge in [-0.1, -0.05) is 35.9 Å². The van der Waals surface area contributed by atoms with Gasteiger partial charge in [-0.25, -0.2) is 0 Å². The summed E-state index contributed by atoms with van der Waals surface area (Å²) in [7, 11) is 1.43. The lowest BCUT2D eigenvalue weighted by Crippen LogP contribution is -2.30. The number of hydrogen-bond acceptors (Lipinski definition) is 5. The molecule has 1 unspecified atom stereocenters. The van der Waals surface area contributed by atoms with E-state index in [0.29, 0.717) is 16.3 Å². The molecule has 4 rings (SSSR count). The largest absolute Gasteiger partial charge is 0.507 e. The highest BCUT2D eigenvalue weighted by Crippen LogP contribution is 2.44. The van der Waals surface area contributed by atoms with Crippen molar-refractivity contribution in [1.29, 1.82) is 0 Å². The average Bonchev–Trinajstić information content (AvgIpc) is 3.04. The number of halogens is 1. The number of carbonyl (C=O) groups is 2. The first-order valence-corrected chi connectivity index (χ1v) is 10.3. The predicted molar refractivity (Wildman–Crippen MR) is 123 cm³/mol. The number of carbonyl (C=O) groups excluding carboxylic acids is 2. The van der Waals surface area contributed by atoms with Crippen LogP contribution in [0.3, 0.4) is 0 Å². The number of amides is 1. The molecule has 0 saturated carbocycles. The zero-order chi connectivity index (χ0) is 23.0. The molecule has 2 aromatic carbocycles. The average molecular weight is 449 g/mol. The second-order valence-electron chi connectivity index (χ2n) is 7.57. The molecule has 1 saturated heterocycles. The van der Waals surface area contributed by atoms with Gasteiger partial charge in [-0.15, -0.1) is 0 Å². The van der Waals surface area contributed by atoms with E-state index >= 15 is 0 Å². The Morgan fingerprint density at radius 2 is 1.88 bits per heavy atom. The molecular formula is C25H21ClN2O4. The number of ketones is 1. The first-order chi connectivity index (χ1) is 15.3. The lowest BCUT2D eigenvalue weighted by atomic mass is 9.95. The van der Waals surface area contributed by atoms with Crippen LogP contribution in [0.4, 0.5) is 5.69 Å². The summed E-state index contributed by atoms with van der Waals surface area (Å²) in [5.74, 6) is -1.65. The number of aliphatic hydroxyl groups excluding tert-OH is 1. The number of ether oxygens (including phenoxy) is 1. The molecular weight excluding hydrogens is 428 g/mol. The number of benzene rings is 2. The van der Waals surface area contributed by atoms with Gasteiger partial charge in [0.05, 0.1) is 29.3 Å². The van der Waals surface area contributed by atoms with E-state index in [1.807, 2.05) is 26.0 Å². The highest BCUT2D eigenvalue weighted by atomic mass is 35.5. The first-order valence-electron chi connectivity index (χ1n) is 9.96. The molecule has 0 radical (unpaired) electrons. The highest BCUT2D eigenvalue weighted by molar-refractivity contribution is 6.52. The van der Waals surface area contributed by atoms with Gasteiger partial charge < -0.3 is 9.84 Å². The molecule has 1 aromatic heterocycles. The van der Waals surface area contributed by atoms with Crippen LogP contribution in [0, 0.1) is 13.8 Å². The van der Waals surface area contributed by atoms with Gasteiger partial charge in [0.15, 0.2) is 0 Å². The number of hydrogen-bond donors (Lipinski definition) is 1. The number of methoxy groups -OCH3 is 1. The van der Waals surface area contributed by atoms with Crippen LogP contribution < -0.4 is 9.64 Å². The number of aromatic nitrogens is 1. The molecule has 2 heterocycles. The van der Waals surface area contributed by atoms with Gasteiger partial charge in [0.1, 0.15) is 11.5 Å². The summed E-state index contributed by atoms with van der Waals surface area (Å²) in [4.78, 5) is 32.1. The van der Waals surface area contributed by atoms with Crippen molar-refractivity contribution in [2.75, 3.05) is 12.0 Å². The minimum atomic E-state index is -0.867. The smallest absolute Gasteiger partial charge is 0.300 e. The fourth-order valence-electron chi connectivity index (χ4n) is 4.03. The number of nitrogens with zero attached hydrogens (tertiary/aromatic N) is 2. The number of anilines is 1. The van der Waals surface area contributed by atoms with Crippen LogP contribution in [-0.2, 0) is 9.59 Å². The molecule has 1 atom stereocenters. The Labute approximate surface area is 190 Å². The van der Waals surface area contributed by atoms with Gasteiger partial charge in [0.25, 0.3) is 11.7 Å². The van der Waals surface area contributed by atoms with Gasteiger partial charge in [0.2, 0.25) is 0 Å². The predicted octanol–water partition coefficient (Wildman–Crippen LogP) is 4.99. The van der Waals surface area contributed by atoms with Crippen molar-refractivity contribution in [3.05, 3.63) is 93.8 Å². The molecule has 3 aromatic rings. The van der Waals surface area contributed by atoms with E-state index in [2.05, 4.69) is 4.98 Å². The number of para-hydroxylation sites is 1. The molecule has 1 aliphatic heterocycles. The van der Waals surface area contributed by atoms with Crippen molar-refractivity contribution in [2.45, 2.75) is 19.9 Å². The third-order valence-electron chi connectivity index (χ3n) is 5.47. The topological polar surface area (TPSA) is 79.7 Å². The fourth-order valence-corrected chi connectivity index (χ4v) is 4.38. The zero-order valence-electron chi connectivity index (χ0n) is 17.8. The van der Waals surface area contributed by atoms with Crippen molar-refractivity contribution in [3.8, 4) is 5.75 Å². The van der Waals surface area contributed by atoms with Gasteiger partial charge in [-0.05, 0) is 54.8 Å². The van der Waals surface area contributed by atoms with Crippen LogP contribution >= 0.6 is 11.6 Å². The molecule has 6 nitrogen and oxygen atoms in total. The Kier molecular flexibility index (Phi) is 5.72. The van der Waals surface area contributed by atoms with E-state index in [-0.39, 0.29) is 22.6 Å². The van der Waals surface area contributed by atoms with E-state index in [1.54, 1.807) is 48.8 Å². The Morgan fingerprint density at radius 3 is 2.53 bits per heavy atom. The molecule has 1 aliphatic rings. The minimum absolute atomic E-state index is 0.0498. The summed E-state index contributed by atoms with van der Waals surface area (Å²) in [6, 6.07) is 13.3. The first kappa shape index (κ1) is 21.6. The number of rotatable bonds is 4. The fraction of sp³-hybridized carbons (Fsp3) is 0.160. The van der Waals surface area contributed by atoms with Crippen LogP contribution in [-0.4, -0.2) is 28.9 Å². The highest BCUT2D eigenvalue weighted by Gasteiger charge is 2.47. The quantitative estimate of drug-likeness (QED) is 0.345. The van der Waals surface area contributed by atoms with Crippen molar-refractivity contribution in [2.24, 2.45) is 0 Å². The maximum absolute atomic E-state index is 13.3. The Morgan fingerprint density at radius 1 is 1.12 bits per heavy atom. The second-order valence-corrected chi connectivity index (χ2v) is 7.98. The summed E-state index contributed by atoms with van der Waals surface area (Å²) < 4.78 is 5.40. The molecule has 1 fully saturated rings. The number of Topliss-reactive ketones (excluding diaryl/α,β-unsaturated/α-hetero) is 1. The van der Waals surface area contributed by atoms with Crippen molar-refractivity contribution in [3.63, 3.8) is 0 Å². The van der Waals surface area contributed by atoms with Gasteiger partial charge in [-0.3, -0.25) is 19.5 Å². The van der Waals surface area contributed by atoms with E-state index in [9.17, 15) is 14.7 Å². The summed E-state index contributed by atoms with van der Waals surface area (Å²) in [5, 5.41) is 11.6. The monoisotopic (exact) mass is 448 g/mol. The van der Waals surface area contributed by atoms with Crippen molar-refractivity contribution in [1.82, 2.24) is 4.98 Å². The molecule has 7 heteroatoms. The standard InChI is InChI=1S/C25H21ClN2O4/c1-14-11-17(24(32-3)18(26)12-14)22(29)20-21(16-8-6-10-27-13-16)28(25(31)23(20)30)19-9-5-4-7-15(19)2/h4-13,21,29H,1-3H3/b22-20+. The second kappa shape index (κ2) is 8.48. The van der Waals surface area contributed by atoms with Crippen LogP contribution in [0.15, 0.2) is 66.5 Å². The summed E-state index contributed by atoms with van der Waals surface area (Å²) >= 11 is 6.32. The Hall–Kier alpha value is -3.64. The van der Waals surface area contributed by atoms with Gasteiger partial charge >= 0.3 is 0 Å². The van der Waals surface area contributed by atoms with E-state index < -0.39 is 17.7 Å². The lowest BCUT2D eigenvalue weighted by molar-refractivity contribution is -0.132. The van der Waals surface area contributed by atoms with Crippen LogP contribution in [0.5, 0.6) is 5.75 Å². The zero-order valence-corrected chi connectivity index (χ0v) is 18.6. The molecule has 1 N–H and O–H groups in total. The van der Waals surface area contributed by atoms with Crippen LogP contribution in [0.2, 0.25) is 5.02 Å². The van der Waals surface area contributed by atoms with Crippen LogP contribution in [0.1, 0.15) is 28.3 Å². The van der Waals surface area contributed by atoms with Crippen molar-refractivity contribution < 1.29 is 19.4 Å². The normalized spacial score (nSPS) is 17.6. The summed E-state index contributed by atoms with van der Waals surface area (Å²) in [5.41, 5.74) is 2.95. The number of aliphatic hydroxyl groups is 1. The number of aryl methyl sites for hydroxylation is 2. The molecule has 32 heavy (non-hydrogen) atoms. The molecule has 1 amide bonds. The van der Waals surface area contributed by atoms with Gasteiger partial charge in [-0.2, -0.15) is 0 Å². The third kappa shape index (κ3) is 3.52. The molecule has 162 valence electrons. The summed E-state index contributed by atoms with van der Waals surface area (Å²) in [6.45, 7) is 3.67. The van der Waals surface area contributed by atoms with Crippen LogP contribution in [0.25, 0.3) is 5.76 Å². The third-order valence-corrected chi connectivity index (χ3v) is 5.75. The molecule has 0 spiro atoms. The molecule has 0 bridgehead atoms. The Balaban J connectivity index is 2.02. The number of pyridine rings is 1. The van der Waals surface area contributed by atoms with E-state index in [1.165, 1.54) is 12.0 Å². The molecule has 0 aliphatic carbocycles. The maximum atomic E-state index is 13.3.